The van der Waals surface area contributed by atoms with Gasteiger partial charge in [0.2, 0.25) is 15.9 Å². The zero-order chi connectivity index (χ0) is 23.4. The number of hydrogen-bond acceptors (Lipinski definition) is 4. The minimum Gasteiger partial charge on any atom is -0.368 e. The summed E-state index contributed by atoms with van der Waals surface area (Å²) in [5.41, 5.74) is 0.914. The molecule has 2 aromatic carbocycles. The fourth-order valence-corrected chi connectivity index (χ4v) is 6.38. The summed E-state index contributed by atoms with van der Waals surface area (Å²) in [6, 6.07) is 12.3. The molecule has 33 heavy (non-hydrogen) atoms. The molecule has 0 aromatic heterocycles. The van der Waals surface area contributed by atoms with Gasteiger partial charge in [0.15, 0.2) is 0 Å². The number of rotatable bonds is 6. The molecule has 2 aromatic rings. The molecule has 0 N–H and O–H groups in total. The van der Waals surface area contributed by atoms with E-state index in [0.29, 0.717) is 31.2 Å². The molecule has 4 rings (SSSR count). The molecule has 1 amide bonds. The molecule has 1 saturated carbocycles. The molecule has 0 atom stereocenters. The largest absolute Gasteiger partial charge is 0.368 e. The smallest absolute Gasteiger partial charge is 0.243 e. The summed E-state index contributed by atoms with van der Waals surface area (Å²) in [7, 11) is -3.83. The molecule has 0 bridgehead atoms. The van der Waals surface area contributed by atoms with E-state index in [1.807, 2.05) is 0 Å². The number of halogens is 2. The lowest BCUT2D eigenvalue weighted by atomic mass is 9.95. The van der Waals surface area contributed by atoms with Crippen LogP contribution in [0, 0.1) is 5.82 Å². The Bertz CT molecular complexity index is 1050. The summed E-state index contributed by atoms with van der Waals surface area (Å²) in [5, 5.41) is 0.466. The molecule has 0 radical (unpaired) electrons. The average Bonchev–Trinajstić information content (AvgIpc) is 2.84. The van der Waals surface area contributed by atoms with E-state index in [1.165, 1.54) is 28.6 Å². The fraction of sp³-hybridized carbons (Fsp3) is 0.458. The molecule has 0 spiro atoms. The first-order chi connectivity index (χ1) is 15.8. The highest BCUT2D eigenvalue weighted by molar-refractivity contribution is 7.89. The van der Waals surface area contributed by atoms with Crippen molar-refractivity contribution >= 4 is 33.2 Å². The van der Waals surface area contributed by atoms with E-state index in [2.05, 4.69) is 4.90 Å². The lowest BCUT2D eigenvalue weighted by Crippen LogP contribution is -2.53. The molecule has 2 fully saturated rings. The van der Waals surface area contributed by atoms with Gasteiger partial charge < -0.3 is 9.80 Å². The van der Waals surface area contributed by atoms with Crippen molar-refractivity contribution in [2.24, 2.45) is 0 Å². The van der Waals surface area contributed by atoms with Crippen molar-refractivity contribution in [2.75, 3.05) is 37.6 Å². The van der Waals surface area contributed by atoms with Gasteiger partial charge in [0.1, 0.15) is 5.82 Å². The first kappa shape index (κ1) is 24.0. The van der Waals surface area contributed by atoms with Crippen molar-refractivity contribution in [3.63, 3.8) is 0 Å². The summed E-state index contributed by atoms with van der Waals surface area (Å²) in [4.78, 5) is 17.2. The van der Waals surface area contributed by atoms with Gasteiger partial charge >= 0.3 is 0 Å². The van der Waals surface area contributed by atoms with E-state index in [0.717, 1.165) is 37.8 Å². The number of anilines is 1. The summed E-state index contributed by atoms with van der Waals surface area (Å²) < 4.78 is 41.6. The highest BCUT2D eigenvalue weighted by Gasteiger charge is 2.35. The van der Waals surface area contributed by atoms with Crippen molar-refractivity contribution in [1.82, 2.24) is 9.21 Å². The summed E-state index contributed by atoms with van der Waals surface area (Å²) in [5.74, 6) is -0.464. The molecule has 178 valence electrons. The van der Waals surface area contributed by atoms with Gasteiger partial charge in [0.25, 0.3) is 0 Å². The molecular weight excluding hydrogens is 465 g/mol. The minimum atomic E-state index is -3.83. The molecule has 0 unspecified atom stereocenters. The van der Waals surface area contributed by atoms with Crippen LogP contribution >= 0.6 is 11.6 Å². The lowest BCUT2D eigenvalue weighted by molar-refractivity contribution is -0.132. The Morgan fingerprint density at radius 3 is 2.15 bits per heavy atom. The minimum absolute atomic E-state index is 0.159. The van der Waals surface area contributed by atoms with Gasteiger partial charge in [-0.05, 0) is 61.4 Å². The van der Waals surface area contributed by atoms with Crippen molar-refractivity contribution < 1.29 is 17.6 Å². The zero-order valence-electron chi connectivity index (χ0n) is 18.5. The fourth-order valence-electron chi connectivity index (χ4n) is 4.62. The maximum Gasteiger partial charge on any atom is 0.243 e. The number of piperazine rings is 1. The third-order valence-electron chi connectivity index (χ3n) is 6.52. The van der Waals surface area contributed by atoms with Crippen LogP contribution in [-0.4, -0.2) is 62.3 Å². The molecule has 9 heteroatoms. The second-order valence-electron chi connectivity index (χ2n) is 8.64. The van der Waals surface area contributed by atoms with Crippen molar-refractivity contribution in [3.05, 3.63) is 59.4 Å². The van der Waals surface area contributed by atoms with Crippen LogP contribution in [-0.2, 0) is 14.8 Å². The van der Waals surface area contributed by atoms with Gasteiger partial charge in [-0.25, -0.2) is 12.8 Å². The van der Waals surface area contributed by atoms with Crippen LogP contribution in [0.25, 0.3) is 0 Å². The predicted octanol–water partition coefficient (Wildman–Crippen LogP) is 4.15. The Balaban J connectivity index is 1.46. The molecule has 1 heterocycles. The molecule has 1 aliphatic carbocycles. The van der Waals surface area contributed by atoms with Crippen LogP contribution in [0.15, 0.2) is 53.4 Å². The zero-order valence-corrected chi connectivity index (χ0v) is 20.1. The average molecular weight is 494 g/mol. The van der Waals surface area contributed by atoms with Crippen LogP contribution in [0.3, 0.4) is 0 Å². The molecule has 1 aliphatic heterocycles. The molecule has 1 saturated heterocycles. The van der Waals surface area contributed by atoms with Crippen LogP contribution in [0.4, 0.5) is 10.1 Å². The van der Waals surface area contributed by atoms with Gasteiger partial charge in [-0.3, -0.25) is 4.79 Å². The maximum atomic E-state index is 13.5. The van der Waals surface area contributed by atoms with Crippen molar-refractivity contribution in [3.8, 4) is 0 Å². The number of amides is 1. The highest BCUT2D eigenvalue weighted by atomic mass is 35.5. The number of sulfonamides is 1. The van der Waals surface area contributed by atoms with Gasteiger partial charge in [-0.2, -0.15) is 4.31 Å². The van der Waals surface area contributed by atoms with E-state index in [1.54, 1.807) is 29.2 Å². The first-order valence-corrected chi connectivity index (χ1v) is 13.2. The van der Waals surface area contributed by atoms with E-state index in [9.17, 15) is 17.6 Å². The number of carbonyl (C=O) groups excluding carboxylic acids is 1. The normalized spacial score (nSPS) is 18.0. The van der Waals surface area contributed by atoms with Crippen LogP contribution in [0.2, 0.25) is 5.02 Å². The van der Waals surface area contributed by atoms with Gasteiger partial charge in [-0.1, -0.05) is 30.9 Å². The van der Waals surface area contributed by atoms with E-state index in [-0.39, 0.29) is 29.2 Å². The quantitative estimate of drug-likeness (QED) is 0.606. The summed E-state index contributed by atoms with van der Waals surface area (Å²) >= 11 is 5.95. The Hall–Kier alpha value is -2.16. The monoisotopic (exact) mass is 493 g/mol. The lowest BCUT2D eigenvalue weighted by Gasteiger charge is -2.38. The standard InChI is InChI=1S/C24H29ClFN3O3S/c25-19-6-12-23(13-7-19)33(31,32)29(22-4-2-1-3-5-22)18-24(30)28-16-14-27(15-17-28)21-10-8-20(26)9-11-21/h6-13,22H,1-5,14-18H2. The third kappa shape index (κ3) is 5.67. The van der Waals surface area contributed by atoms with Crippen molar-refractivity contribution in [1.29, 1.82) is 0 Å². The van der Waals surface area contributed by atoms with Gasteiger partial charge in [0, 0.05) is 42.9 Å². The molecule has 6 nitrogen and oxygen atoms in total. The van der Waals surface area contributed by atoms with E-state index in [4.69, 9.17) is 11.6 Å². The number of hydrogen-bond donors (Lipinski definition) is 0. The number of benzene rings is 2. The van der Waals surface area contributed by atoms with Crippen LogP contribution < -0.4 is 4.90 Å². The highest BCUT2D eigenvalue weighted by Crippen LogP contribution is 2.28. The van der Waals surface area contributed by atoms with E-state index >= 15 is 0 Å². The summed E-state index contributed by atoms with van der Waals surface area (Å²) in [6.07, 6.45) is 4.53. The molecule has 2 aliphatic rings. The molecular formula is C24H29ClFN3O3S. The van der Waals surface area contributed by atoms with Gasteiger partial charge in [-0.15, -0.1) is 0 Å². The predicted molar refractivity (Wildman–Crippen MR) is 127 cm³/mol. The Morgan fingerprint density at radius 2 is 1.55 bits per heavy atom. The topological polar surface area (TPSA) is 60.9 Å². The van der Waals surface area contributed by atoms with Crippen LogP contribution in [0.5, 0.6) is 0 Å². The Kier molecular flexibility index (Phi) is 7.56. The SMILES string of the molecule is O=C(CN(C1CCCCC1)S(=O)(=O)c1ccc(Cl)cc1)N1CCN(c2ccc(F)cc2)CC1. The number of nitrogens with zero attached hydrogens (tertiary/aromatic N) is 3. The van der Waals surface area contributed by atoms with Gasteiger partial charge in [0.05, 0.1) is 11.4 Å². The second-order valence-corrected chi connectivity index (χ2v) is 11.0. The first-order valence-electron chi connectivity index (χ1n) is 11.4. The summed E-state index contributed by atoms with van der Waals surface area (Å²) in [6.45, 7) is 2.06. The number of carbonyl (C=O) groups is 1. The second kappa shape index (κ2) is 10.4. The van der Waals surface area contributed by atoms with E-state index < -0.39 is 10.0 Å². The van der Waals surface area contributed by atoms with Crippen molar-refractivity contribution in [2.45, 2.75) is 43.0 Å². The maximum absolute atomic E-state index is 13.5. The van der Waals surface area contributed by atoms with Crippen LogP contribution in [0.1, 0.15) is 32.1 Å². The third-order valence-corrected chi connectivity index (χ3v) is 8.68. The Morgan fingerprint density at radius 1 is 0.939 bits per heavy atom. The Labute approximate surface area is 200 Å².